The molecule has 4 aliphatic carbocycles. The van der Waals surface area contributed by atoms with E-state index in [1.165, 1.54) is 50.7 Å². The van der Waals surface area contributed by atoms with E-state index in [0.29, 0.717) is 17.4 Å². The Morgan fingerprint density at radius 2 is 1.77 bits per heavy atom. The predicted octanol–water partition coefficient (Wildman–Crippen LogP) is 4.95. The molecule has 0 radical (unpaired) electrons. The van der Waals surface area contributed by atoms with Gasteiger partial charge in [0.05, 0.1) is 17.2 Å². The molecule has 4 aliphatic rings. The molecule has 0 unspecified atom stereocenters. The third kappa shape index (κ3) is 2.38. The summed E-state index contributed by atoms with van der Waals surface area (Å²) in [5.41, 5.74) is 0.231. The highest BCUT2D eigenvalue weighted by Gasteiger charge is 2.51. The highest BCUT2D eigenvalue weighted by atomic mass is 35.5. The van der Waals surface area contributed by atoms with Crippen molar-refractivity contribution in [3.05, 3.63) is 28.5 Å². The number of ether oxygens (including phenoxy) is 1. The molecule has 0 aliphatic heterocycles. The third-order valence-electron chi connectivity index (χ3n) is 5.84. The van der Waals surface area contributed by atoms with E-state index in [9.17, 15) is 4.39 Å². The average molecular weight is 320 g/mol. The zero-order valence-electron chi connectivity index (χ0n) is 12.4. The van der Waals surface area contributed by atoms with Gasteiger partial charge < -0.3 is 4.74 Å². The monoisotopic (exact) mass is 319 g/mol. The van der Waals surface area contributed by atoms with Crippen LogP contribution >= 0.6 is 11.6 Å². The first-order valence-electron chi connectivity index (χ1n) is 8.09. The molecule has 1 aromatic rings. The molecule has 4 bridgehead atoms. The second kappa shape index (κ2) is 5.13. The number of rotatable bonds is 3. The lowest BCUT2D eigenvalue weighted by molar-refractivity contribution is -0.0745. The van der Waals surface area contributed by atoms with Crippen molar-refractivity contribution in [1.82, 2.24) is 0 Å². The standard InChI is InChI=1S/C18H19ClFNO/c19-15-4-14(9-21)16(20)5-17(15)22-10-18-6-11-1-12(7-18)3-13(2-11)8-18/h4-5,11-13H,1-3,6-8,10H2. The van der Waals surface area contributed by atoms with Gasteiger partial charge in [-0.15, -0.1) is 0 Å². The Morgan fingerprint density at radius 3 is 2.32 bits per heavy atom. The molecule has 0 spiro atoms. The van der Waals surface area contributed by atoms with Crippen molar-refractivity contribution in [2.24, 2.45) is 23.2 Å². The Bertz CT molecular complexity index is 616. The van der Waals surface area contributed by atoms with Crippen LogP contribution in [0, 0.1) is 40.3 Å². The maximum atomic E-state index is 13.8. The van der Waals surface area contributed by atoms with Crippen LogP contribution in [0.4, 0.5) is 4.39 Å². The summed E-state index contributed by atoms with van der Waals surface area (Å²) in [6, 6.07) is 4.40. The van der Waals surface area contributed by atoms with Gasteiger partial charge in [-0.1, -0.05) is 11.6 Å². The van der Waals surface area contributed by atoms with E-state index < -0.39 is 5.82 Å². The lowest BCUT2D eigenvalue weighted by Gasteiger charge is -2.56. The van der Waals surface area contributed by atoms with Gasteiger partial charge in [0.1, 0.15) is 17.6 Å². The van der Waals surface area contributed by atoms with E-state index in [0.717, 1.165) is 17.8 Å². The largest absolute Gasteiger partial charge is 0.491 e. The summed E-state index contributed by atoms with van der Waals surface area (Å²) in [7, 11) is 0. The second-order valence-electron chi connectivity index (χ2n) is 7.58. The van der Waals surface area contributed by atoms with E-state index in [-0.39, 0.29) is 11.0 Å². The zero-order chi connectivity index (χ0) is 15.3. The molecule has 0 atom stereocenters. The van der Waals surface area contributed by atoms with Crippen LogP contribution < -0.4 is 4.74 Å². The van der Waals surface area contributed by atoms with Crippen molar-refractivity contribution in [2.75, 3.05) is 6.61 Å². The fourth-order valence-corrected chi connectivity index (χ4v) is 5.64. The SMILES string of the molecule is N#Cc1cc(Cl)c(OCC23CC4CC(CC(C4)C2)C3)cc1F. The number of nitriles is 1. The first kappa shape index (κ1) is 14.3. The quantitative estimate of drug-likeness (QED) is 0.790. The molecule has 0 aromatic heterocycles. The van der Waals surface area contributed by atoms with Crippen LogP contribution in [0.5, 0.6) is 5.75 Å². The number of hydrogen-bond donors (Lipinski definition) is 0. The maximum absolute atomic E-state index is 13.8. The van der Waals surface area contributed by atoms with Gasteiger partial charge in [0, 0.05) is 11.5 Å². The molecule has 22 heavy (non-hydrogen) atoms. The van der Waals surface area contributed by atoms with Crippen LogP contribution in [0.15, 0.2) is 12.1 Å². The van der Waals surface area contributed by atoms with Crippen LogP contribution in [0.3, 0.4) is 0 Å². The topological polar surface area (TPSA) is 33.0 Å². The van der Waals surface area contributed by atoms with Crippen LogP contribution in [0.25, 0.3) is 0 Å². The minimum atomic E-state index is -0.563. The first-order chi connectivity index (χ1) is 10.6. The number of nitrogens with zero attached hydrogens (tertiary/aromatic N) is 1. The number of halogens is 2. The normalized spacial score (nSPS) is 35.4. The van der Waals surface area contributed by atoms with E-state index >= 15 is 0 Å². The van der Waals surface area contributed by atoms with Gasteiger partial charge in [0.25, 0.3) is 0 Å². The van der Waals surface area contributed by atoms with Gasteiger partial charge >= 0.3 is 0 Å². The van der Waals surface area contributed by atoms with Gasteiger partial charge in [0.2, 0.25) is 0 Å². The number of hydrogen-bond acceptors (Lipinski definition) is 2. The Kier molecular flexibility index (Phi) is 3.34. The molecule has 0 amide bonds. The Labute approximate surface area is 135 Å². The summed E-state index contributed by atoms with van der Waals surface area (Å²) in [6.07, 6.45) is 7.92. The maximum Gasteiger partial charge on any atom is 0.144 e. The average Bonchev–Trinajstić information content (AvgIpc) is 2.46. The van der Waals surface area contributed by atoms with Gasteiger partial charge in [-0.2, -0.15) is 5.26 Å². The second-order valence-corrected chi connectivity index (χ2v) is 7.99. The molecule has 0 heterocycles. The highest BCUT2D eigenvalue weighted by Crippen LogP contribution is 2.60. The summed E-state index contributed by atoms with van der Waals surface area (Å²) < 4.78 is 19.7. The molecule has 4 heteroatoms. The van der Waals surface area contributed by atoms with E-state index in [2.05, 4.69) is 0 Å². The molecule has 1 aromatic carbocycles. The fraction of sp³-hybridized carbons (Fsp3) is 0.611. The van der Waals surface area contributed by atoms with Crippen LogP contribution in [-0.2, 0) is 0 Å². The minimum Gasteiger partial charge on any atom is -0.491 e. The molecule has 4 saturated carbocycles. The van der Waals surface area contributed by atoms with E-state index in [4.69, 9.17) is 21.6 Å². The first-order valence-corrected chi connectivity index (χ1v) is 8.47. The van der Waals surface area contributed by atoms with Crippen molar-refractivity contribution in [3.63, 3.8) is 0 Å². The summed E-state index contributed by atoms with van der Waals surface area (Å²) in [4.78, 5) is 0. The van der Waals surface area contributed by atoms with Gasteiger partial charge in [-0.25, -0.2) is 4.39 Å². The lowest BCUT2D eigenvalue weighted by Crippen LogP contribution is -2.48. The molecule has 5 rings (SSSR count). The summed E-state index contributed by atoms with van der Waals surface area (Å²) in [5.74, 6) is 2.40. The smallest absolute Gasteiger partial charge is 0.144 e. The predicted molar refractivity (Wildman–Crippen MR) is 82.2 cm³/mol. The van der Waals surface area contributed by atoms with Gasteiger partial charge in [-0.3, -0.25) is 0 Å². The molecular weight excluding hydrogens is 301 g/mol. The number of benzene rings is 1. The van der Waals surface area contributed by atoms with Crippen molar-refractivity contribution in [3.8, 4) is 11.8 Å². The molecule has 0 saturated heterocycles. The van der Waals surface area contributed by atoms with Gasteiger partial charge in [0.15, 0.2) is 0 Å². The van der Waals surface area contributed by atoms with Crippen LogP contribution in [-0.4, -0.2) is 6.61 Å². The van der Waals surface area contributed by atoms with Crippen LogP contribution in [0.1, 0.15) is 44.1 Å². The van der Waals surface area contributed by atoms with E-state index in [1.54, 1.807) is 6.07 Å². The summed E-state index contributed by atoms with van der Waals surface area (Å²) >= 11 is 6.12. The fourth-order valence-electron chi connectivity index (χ4n) is 5.42. The Balaban J connectivity index is 1.51. The zero-order valence-corrected chi connectivity index (χ0v) is 13.2. The molecular formula is C18H19ClFNO. The molecule has 0 N–H and O–H groups in total. The van der Waals surface area contributed by atoms with Crippen molar-refractivity contribution in [2.45, 2.75) is 38.5 Å². The minimum absolute atomic E-state index is 0.0350. The summed E-state index contributed by atoms with van der Waals surface area (Å²) in [6.45, 7) is 0.627. The van der Waals surface area contributed by atoms with Crippen molar-refractivity contribution in [1.29, 1.82) is 5.26 Å². The van der Waals surface area contributed by atoms with Crippen molar-refractivity contribution >= 4 is 11.6 Å². The molecule has 116 valence electrons. The lowest BCUT2D eigenvalue weighted by atomic mass is 9.50. The highest BCUT2D eigenvalue weighted by molar-refractivity contribution is 6.32. The van der Waals surface area contributed by atoms with Crippen LogP contribution in [0.2, 0.25) is 5.02 Å². The Hall–Kier alpha value is -1.27. The summed E-state index contributed by atoms with van der Waals surface area (Å²) in [5, 5.41) is 9.15. The van der Waals surface area contributed by atoms with Gasteiger partial charge in [-0.05, 0) is 62.3 Å². The Morgan fingerprint density at radius 1 is 1.18 bits per heavy atom. The molecule has 4 fully saturated rings. The van der Waals surface area contributed by atoms with Crippen molar-refractivity contribution < 1.29 is 9.13 Å². The third-order valence-corrected chi connectivity index (χ3v) is 6.14. The molecule has 2 nitrogen and oxygen atoms in total. The van der Waals surface area contributed by atoms with E-state index in [1.807, 2.05) is 0 Å².